The minimum absolute atomic E-state index is 0.127. The van der Waals surface area contributed by atoms with Gasteiger partial charge in [-0.2, -0.15) is 0 Å². The smallest absolute Gasteiger partial charge is 0.423 e. The summed E-state index contributed by atoms with van der Waals surface area (Å²) in [5.74, 6) is -1.27. The molecule has 5 nitrogen and oxygen atoms in total. The van der Waals surface area contributed by atoms with Crippen molar-refractivity contribution in [2.75, 3.05) is 5.32 Å². The molecule has 1 aliphatic heterocycles. The minimum Gasteiger partial charge on any atom is -0.423 e. The SMILES string of the molecule is Cc1ccc(-c2csc(NC(=O)c3cc4c(cc3F)COB4O)n2)cc1. The molecule has 0 fully saturated rings. The Balaban J connectivity index is 1.56. The summed E-state index contributed by atoms with van der Waals surface area (Å²) in [6.07, 6.45) is 0. The largest absolute Gasteiger partial charge is 0.491 e. The normalized spacial score (nSPS) is 13.0. The number of halogens is 1. The first-order valence-electron chi connectivity index (χ1n) is 7.97. The number of hydrogen-bond acceptors (Lipinski definition) is 5. The summed E-state index contributed by atoms with van der Waals surface area (Å²) in [7, 11) is -1.13. The van der Waals surface area contributed by atoms with E-state index in [1.807, 2.05) is 36.6 Å². The monoisotopic (exact) mass is 368 g/mol. The summed E-state index contributed by atoms with van der Waals surface area (Å²) in [6, 6.07) is 10.4. The summed E-state index contributed by atoms with van der Waals surface area (Å²) in [4.78, 5) is 16.8. The zero-order valence-corrected chi connectivity index (χ0v) is 14.6. The van der Waals surface area contributed by atoms with Gasteiger partial charge >= 0.3 is 7.12 Å². The number of anilines is 1. The molecule has 0 unspecified atom stereocenters. The highest BCUT2D eigenvalue weighted by atomic mass is 32.1. The molecule has 0 aliphatic carbocycles. The number of thiazole rings is 1. The predicted molar refractivity (Wildman–Crippen MR) is 99.0 cm³/mol. The van der Waals surface area contributed by atoms with E-state index in [1.54, 1.807) is 0 Å². The van der Waals surface area contributed by atoms with Gasteiger partial charge < -0.3 is 9.68 Å². The summed E-state index contributed by atoms with van der Waals surface area (Å²) in [6.45, 7) is 2.13. The molecule has 1 aromatic heterocycles. The Morgan fingerprint density at radius 2 is 2.12 bits per heavy atom. The molecule has 3 aromatic rings. The first-order valence-corrected chi connectivity index (χ1v) is 8.85. The van der Waals surface area contributed by atoms with E-state index in [4.69, 9.17) is 4.65 Å². The maximum absolute atomic E-state index is 14.2. The molecule has 0 atom stereocenters. The number of amides is 1. The summed E-state index contributed by atoms with van der Waals surface area (Å²) >= 11 is 1.26. The van der Waals surface area contributed by atoms with Gasteiger partial charge in [0.05, 0.1) is 17.9 Å². The Morgan fingerprint density at radius 1 is 1.35 bits per heavy atom. The Hall–Kier alpha value is -2.55. The highest BCUT2D eigenvalue weighted by Crippen LogP contribution is 2.26. The van der Waals surface area contributed by atoms with Gasteiger partial charge in [0.15, 0.2) is 5.13 Å². The van der Waals surface area contributed by atoms with E-state index in [0.717, 1.165) is 16.8 Å². The molecule has 1 amide bonds. The third-order valence-corrected chi connectivity index (χ3v) is 4.97. The first-order chi connectivity index (χ1) is 12.5. The van der Waals surface area contributed by atoms with Crippen LogP contribution < -0.4 is 10.8 Å². The molecule has 130 valence electrons. The molecule has 0 saturated heterocycles. The number of rotatable bonds is 3. The van der Waals surface area contributed by atoms with E-state index in [0.29, 0.717) is 16.2 Å². The standard InChI is InChI=1S/C18H14BFN2O3S/c1-10-2-4-11(5-3-10)16-9-26-18(21-16)22-17(23)13-7-14-12(6-15(13)20)8-25-19(14)24/h2-7,9,24H,8H2,1H3,(H,21,22,23). The zero-order chi connectivity index (χ0) is 18.3. The van der Waals surface area contributed by atoms with Crippen LogP contribution in [0.1, 0.15) is 21.5 Å². The summed E-state index contributed by atoms with van der Waals surface area (Å²) in [5, 5.41) is 14.6. The van der Waals surface area contributed by atoms with Crippen LogP contribution in [0.3, 0.4) is 0 Å². The quantitative estimate of drug-likeness (QED) is 0.698. The Labute approximate surface area is 153 Å². The zero-order valence-electron chi connectivity index (χ0n) is 13.8. The maximum atomic E-state index is 14.2. The van der Waals surface area contributed by atoms with Gasteiger partial charge in [0, 0.05) is 10.9 Å². The summed E-state index contributed by atoms with van der Waals surface area (Å²) in [5.41, 5.74) is 3.63. The van der Waals surface area contributed by atoms with Crippen molar-refractivity contribution in [3.8, 4) is 11.3 Å². The minimum atomic E-state index is -1.13. The number of nitrogens with zero attached hydrogens (tertiary/aromatic N) is 1. The molecule has 26 heavy (non-hydrogen) atoms. The number of aryl methyl sites for hydroxylation is 1. The molecule has 2 N–H and O–H groups in total. The lowest BCUT2D eigenvalue weighted by atomic mass is 9.78. The van der Waals surface area contributed by atoms with E-state index in [1.165, 1.54) is 23.5 Å². The molecule has 1 aliphatic rings. The van der Waals surface area contributed by atoms with Gasteiger partial charge in [-0.25, -0.2) is 9.37 Å². The molecule has 2 heterocycles. The molecular formula is C18H14BFN2O3S. The van der Waals surface area contributed by atoms with Crippen molar-refractivity contribution in [2.45, 2.75) is 13.5 Å². The van der Waals surface area contributed by atoms with Gasteiger partial charge in [-0.15, -0.1) is 11.3 Å². The van der Waals surface area contributed by atoms with Crippen LogP contribution in [-0.2, 0) is 11.3 Å². The van der Waals surface area contributed by atoms with Crippen molar-refractivity contribution in [1.82, 2.24) is 4.98 Å². The van der Waals surface area contributed by atoms with Crippen LogP contribution in [0.5, 0.6) is 0 Å². The van der Waals surface area contributed by atoms with E-state index in [2.05, 4.69) is 10.3 Å². The Morgan fingerprint density at radius 3 is 2.88 bits per heavy atom. The van der Waals surface area contributed by atoms with Crippen LogP contribution in [0.15, 0.2) is 41.8 Å². The van der Waals surface area contributed by atoms with Crippen LogP contribution in [0.2, 0.25) is 0 Å². The number of benzene rings is 2. The molecule has 8 heteroatoms. The van der Waals surface area contributed by atoms with Crippen LogP contribution >= 0.6 is 11.3 Å². The van der Waals surface area contributed by atoms with Crippen molar-refractivity contribution in [3.63, 3.8) is 0 Å². The fraction of sp³-hybridized carbons (Fsp3) is 0.111. The predicted octanol–water partition coefficient (Wildman–Crippen LogP) is 2.73. The molecule has 0 spiro atoms. The number of carbonyl (C=O) groups is 1. The van der Waals surface area contributed by atoms with Gasteiger partial charge in [0.25, 0.3) is 5.91 Å². The highest BCUT2D eigenvalue weighted by molar-refractivity contribution is 7.14. The average Bonchev–Trinajstić information content (AvgIpc) is 3.22. The summed E-state index contributed by atoms with van der Waals surface area (Å²) < 4.78 is 19.3. The van der Waals surface area contributed by atoms with Crippen molar-refractivity contribution in [2.24, 2.45) is 0 Å². The lowest BCUT2D eigenvalue weighted by molar-refractivity contribution is 0.102. The van der Waals surface area contributed by atoms with Crippen molar-refractivity contribution >= 4 is 35.0 Å². The molecule has 4 rings (SSSR count). The molecule has 2 aromatic carbocycles. The number of aromatic nitrogens is 1. The maximum Gasteiger partial charge on any atom is 0.491 e. The van der Waals surface area contributed by atoms with E-state index in [9.17, 15) is 14.2 Å². The number of nitrogens with one attached hydrogen (secondary N) is 1. The van der Waals surface area contributed by atoms with Crippen molar-refractivity contribution < 1.29 is 18.9 Å². The second-order valence-electron chi connectivity index (χ2n) is 6.05. The van der Waals surface area contributed by atoms with Crippen LogP contribution in [-0.4, -0.2) is 23.0 Å². The second kappa shape index (κ2) is 6.64. The van der Waals surface area contributed by atoms with E-state index < -0.39 is 18.8 Å². The fourth-order valence-corrected chi connectivity index (χ4v) is 3.49. The third-order valence-electron chi connectivity index (χ3n) is 4.21. The first kappa shape index (κ1) is 16.9. The molecule has 0 bridgehead atoms. The lowest BCUT2D eigenvalue weighted by Crippen LogP contribution is -2.30. The topological polar surface area (TPSA) is 71.5 Å². The highest BCUT2D eigenvalue weighted by Gasteiger charge is 2.30. The van der Waals surface area contributed by atoms with Crippen LogP contribution in [0, 0.1) is 12.7 Å². The van der Waals surface area contributed by atoms with Crippen molar-refractivity contribution in [3.05, 3.63) is 64.3 Å². The Bertz CT molecular complexity index is 991. The van der Waals surface area contributed by atoms with Gasteiger partial charge in [-0.05, 0) is 30.1 Å². The van der Waals surface area contributed by atoms with Crippen LogP contribution in [0.25, 0.3) is 11.3 Å². The molecule has 0 saturated carbocycles. The van der Waals surface area contributed by atoms with Gasteiger partial charge in [0.2, 0.25) is 0 Å². The van der Waals surface area contributed by atoms with Gasteiger partial charge in [0.1, 0.15) is 5.82 Å². The van der Waals surface area contributed by atoms with Crippen LogP contribution in [0.4, 0.5) is 9.52 Å². The average molecular weight is 368 g/mol. The van der Waals surface area contributed by atoms with E-state index >= 15 is 0 Å². The Kier molecular flexibility index (Phi) is 4.32. The van der Waals surface area contributed by atoms with E-state index in [-0.39, 0.29) is 12.2 Å². The number of hydrogen-bond donors (Lipinski definition) is 2. The lowest BCUT2D eigenvalue weighted by Gasteiger charge is -2.06. The number of carbonyl (C=O) groups excluding carboxylic acids is 1. The number of fused-ring (bicyclic) bond motifs is 1. The fourth-order valence-electron chi connectivity index (χ4n) is 2.77. The molecular weight excluding hydrogens is 354 g/mol. The van der Waals surface area contributed by atoms with Crippen molar-refractivity contribution in [1.29, 1.82) is 0 Å². The van der Waals surface area contributed by atoms with Gasteiger partial charge in [-0.3, -0.25) is 10.1 Å². The van der Waals surface area contributed by atoms with Gasteiger partial charge in [-0.1, -0.05) is 29.8 Å². The second-order valence-corrected chi connectivity index (χ2v) is 6.91. The third kappa shape index (κ3) is 3.14. The molecule has 0 radical (unpaired) electrons.